The van der Waals surface area contributed by atoms with Crippen molar-refractivity contribution in [2.75, 3.05) is 0 Å². The number of hydrogen-bond donors (Lipinski definition) is 2. The minimum absolute atomic E-state index is 0.124. The first-order valence-corrected chi connectivity index (χ1v) is 15.4. The van der Waals surface area contributed by atoms with Crippen LogP contribution in [0.3, 0.4) is 0 Å². The molecule has 0 saturated carbocycles. The van der Waals surface area contributed by atoms with Crippen molar-refractivity contribution in [1.29, 1.82) is 0 Å². The molecule has 2 aliphatic rings. The van der Waals surface area contributed by atoms with E-state index in [9.17, 15) is 24.3 Å². The third-order valence-electron chi connectivity index (χ3n) is 11.1. The average molecular weight is 567 g/mol. The maximum Gasteiger partial charge on any atom is 0.427 e. The Bertz CT molecular complexity index is 905. The van der Waals surface area contributed by atoms with Gasteiger partial charge >= 0.3 is 29.4 Å². The molecule has 0 radical (unpaired) electrons. The Labute approximate surface area is 242 Å². The van der Waals surface area contributed by atoms with E-state index in [1.807, 2.05) is 55.4 Å². The number of hydrogen-bond acceptors (Lipinski definition) is 4. The predicted molar refractivity (Wildman–Crippen MR) is 156 cm³/mol. The molecule has 2 amide bonds. The molecule has 0 aliphatic carbocycles. The molecule has 230 valence electrons. The van der Waals surface area contributed by atoms with E-state index < -0.39 is 39.8 Å². The van der Waals surface area contributed by atoms with Gasteiger partial charge in [0.25, 0.3) is 0 Å². The first-order chi connectivity index (χ1) is 18.2. The maximum absolute atomic E-state index is 14.5. The van der Waals surface area contributed by atoms with Crippen molar-refractivity contribution in [2.24, 2.45) is 0 Å². The van der Waals surface area contributed by atoms with Crippen LogP contribution in [0, 0.1) is 0 Å². The summed E-state index contributed by atoms with van der Waals surface area (Å²) in [5.74, 6) is -2.24. The zero-order chi connectivity index (χ0) is 31.0. The van der Waals surface area contributed by atoms with Crippen molar-refractivity contribution in [3.05, 3.63) is 0 Å². The summed E-state index contributed by atoms with van der Waals surface area (Å²) in [7, 11) is 0. The number of carbonyl (C=O) groups excluding carboxylic acids is 2. The van der Waals surface area contributed by atoms with E-state index in [1.165, 1.54) is 0 Å². The lowest BCUT2D eigenvalue weighted by Crippen LogP contribution is -2.98. The van der Waals surface area contributed by atoms with Gasteiger partial charge in [0.1, 0.15) is 22.2 Å². The van der Waals surface area contributed by atoms with Gasteiger partial charge in [0.15, 0.2) is 0 Å². The van der Waals surface area contributed by atoms with Crippen molar-refractivity contribution >= 4 is 23.8 Å². The number of unbranched alkanes of at least 4 members (excludes halogenated alkanes) is 4. The molecule has 40 heavy (non-hydrogen) atoms. The Morgan fingerprint density at radius 1 is 0.600 bits per heavy atom. The lowest BCUT2D eigenvalue weighted by molar-refractivity contribution is -1.17. The number of aliphatic carboxylic acids is 2. The van der Waals surface area contributed by atoms with Crippen LogP contribution in [0.4, 0.5) is 0 Å². The predicted octanol–water partition coefficient (Wildman–Crippen LogP) is 6.79. The van der Waals surface area contributed by atoms with Crippen molar-refractivity contribution < 1.29 is 38.4 Å². The van der Waals surface area contributed by atoms with E-state index in [0.29, 0.717) is 44.9 Å². The quantitative estimate of drug-likeness (QED) is 0.210. The van der Waals surface area contributed by atoms with E-state index >= 15 is 0 Å². The second-order valence-corrected chi connectivity index (χ2v) is 15.1. The molecular weight excluding hydrogens is 508 g/mol. The molecule has 0 aromatic carbocycles. The fourth-order valence-electron chi connectivity index (χ4n) is 10.6. The van der Waals surface area contributed by atoms with Crippen LogP contribution >= 0.6 is 0 Å². The fourth-order valence-corrected chi connectivity index (χ4v) is 10.6. The van der Waals surface area contributed by atoms with E-state index in [2.05, 4.69) is 0 Å². The molecule has 2 fully saturated rings. The Balaban J connectivity index is 3.00. The highest BCUT2D eigenvalue weighted by Crippen LogP contribution is 2.63. The molecule has 0 aromatic heterocycles. The Kier molecular flexibility index (Phi) is 9.86. The number of likely N-dealkylation sites (tertiary alicyclic amines) is 2. The number of carboxylic acid groups (broad SMARTS) is 2. The lowest BCUT2D eigenvalue weighted by atomic mass is 9.65. The molecule has 0 unspecified atom stereocenters. The molecule has 2 rings (SSSR count). The molecule has 0 spiro atoms. The monoisotopic (exact) mass is 566 g/mol. The summed E-state index contributed by atoms with van der Waals surface area (Å²) >= 11 is 0. The standard InChI is InChI=1S/C32H56N2O6/c1-24(35)33(28(3,4)19-16-20-29(33,5)6)32(27(39)40,23-15-13-11-12-14-18-26(37)38)34(25(2)36)30(7,8)21-17-22-31(34,9)10/h11-23H2,1-10H3/p+2. The third-order valence-corrected chi connectivity index (χ3v) is 11.1. The van der Waals surface area contributed by atoms with Crippen molar-refractivity contribution in [1.82, 2.24) is 0 Å². The molecule has 2 saturated heterocycles. The molecule has 0 bridgehead atoms. The summed E-state index contributed by atoms with van der Waals surface area (Å²) in [4.78, 5) is 54.4. The van der Waals surface area contributed by atoms with Crippen LogP contribution in [0.15, 0.2) is 0 Å². The highest BCUT2D eigenvalue weighted by Gasteiger charge is 2.86. The van der Waals surface area contributed by atoms with Gasteiger partial charge in [-0.15, -0.1) is 0 Å². The van der Waals surface area contributed by atoms with Crippen LogP contribution in [0.2, 0.25) is 0 Å². The van der Waals surface area contributed by atoms with Crippen molar-refractivity contribution in [2.45, 2.75) is 181 Å². The first-order valence-electron chi connectivity index (χ1n) is 15.4. The zero-order valence-corrected chi connectivity index (χ0v) is 27.1. The van der Waals surface area contributed by atoms with Gasteiger partial charge in [-0.3, -0.25) is 4.79 Å². The number of amides is 2. The topological polar surface area (TPSA) is 109 Å². The number of carbonyl (C=O) groups is 4. The van der Waals surface area contributed by atoms with Gasteiger partial charge < -0.3 is 10.2 Å². The van der Waals surface area contributed by atoms with Crippen LogP contribution in [-0.4, -0.2) is 70.8 Å². The number of rotatable bonds is 11. The van der Waals surface area contributed by atoms with Crippen LogP contribution in [0.1, 0.15) is 153 Å². The fraction of sp³-hybridized carbons (Fsp3) is 0.875. The minimum Gasteiger partial charge on any atom is -0.481 e. The molecule has 2 aliphatic heterocycles. The van der Waals surface area contributed by atoms with Gasteiger partial charge in [0.05, 0.1) is 20.3 Å². The van der Waals surface area contributed by atoms with Crippen LogP contribution < -0.4 is 0 Å². The second kappa shape index (κ2) is 11.5. The highest BCUT2D eigenvalue weighted by atomic mass is 16.4. The number of nitrogens with zero attached hydrogens (tertiary/aromatic N) is 2. The smallest absolute Gasteiger partial charge is 0.427 e. The summed E-state index contributed by atoms with van der Waals surface area (Å²) in [5.41, 5.74) is -4.65. The Hall–Kier alpha value is -1.80. The van der Waals surface area contributed by atoms with Crippen molar-refractivity contribution in [3.8, 4) is 0 Å². The van der Waals surface area contributed by atoms with Crippen LogP contribution in [0.25, 0.3) is 0 Å². The molecule has 2 heterocycles. The summed E-state index contributed by atoms with van der Waals surface area (Å²) in [6.07, 6.45) is 8.24. The molecule has 2 N–H and O–H groups in total. The zero-order valence-electron chi connectivity index (χ0n) is 27.1. The summed E-state index contributed by atoms with van der Waals surface area (Å²) < 4.78 is -0.540. The SMILES string of the molecule is CC(=O)[N+]1(C(CCCCCCCC(=O)O)(C(=O)O)[N+]2(C(C)=O)C(C)(C)CCCC2(C)C)C(C)(C)CCCC1(C)C. The highest BCUT2D eigenvalue weighted by molar-refractivity contribution is 5.83. The van der Waals surface area contributed by atoms with E-state index in [-0.39, 0.29) is 33.6 Å². The van der Waals surface area contributed by atoms with Gasteiger partial charge in [-0.05, 0) is 81.1 Å². The van der Waals surface area contributed by atoms with Gasteiger partial charge in [-0.2, -0.15) is 8.97 Å². The summed E-state index contributed by atoms with van der Waals surface area (Å²) in [6, 6.07) is 0. The normalized spacial score (nSPS) is 24.1. The second-order valence-electron chi connectivity index (χ2n) is 15.1. The van der Waals surface area contributed by atoms with E-state index in [4.69, 9.17) is 5.11 Å². The molecule has 0 aromatic rings. The van der Waals surface area contributed by atoms with Crippen LogP contribution in [0.5, 0.6) is 0 Å². The number of carboxylic acids is 2. The third kappa shape index (κ3) is 4.75. The number of piperidine rings is 2. The number of quaternary nitrogens is 2. The molecule has 8 heteroatoms. The van der Waals surface area contributed by atoms with Gasteiger partial charge in [0.2, 0.25) is 0 Å². The van der Waals surface area contributed by atoms with Crippen LogP contribution in [-0.2, 0) is 19.2 Å². The summed E-state index contributed by atoms with van der Waals surface area (Å²) in [6.45, 7) is 19.4. The van der Waals surface area contributed by atoms with E-state index in [1.54, 1.807) is 13.8 Å². The Morgan fingerprint density at radius 3 is 1.23 bits per heavy atom. The molecular formula is C32H58N2O6+2. The first kappa shape index (κ1) is 34.4. The lowest BCUT2D eigenvalue weighted by Gasteiger charge is -2.73. The minimum atomic E-state index is -1.75. The average Bonchev–Trinajstić information content (AvgIpc) is 2.74. The van der Waals surface area contributed by atoms with Gasteiger partial charge in [-0.25, -0.2) is 14.4 Å². The van der Waals surface area contributed by atoms with E-state index in [0.717, 1.165) is 25.7 Å². The van der Waals surface area contributed by atoms with Crippen molar-refractivity contribution in [3.63, 3.8) is 0 Å². The van der Waals surface area contributed by atoms with Gasteiger partial charge in [0, 0.05) is 32.1 Å². The molecule has 8 nitrogen and oxygen atoms in total. The maximum atomic E-state index is 14.5. The van der Waals surface area contributed by atoms with Gasteiger partial charge in [-0.1, -0.05) is 19.3 Å². The largest absolute Gasteiger partial charge is 0.481 e. The molecule has 0 atom stereocenters. The Morgan fingerprint density at radius 2 is 0.925 bits per heavy atom. The summed E-state index contributed by atoms with van der Waals surface area (Å²) in [5, 5.41) is 20.8.